The molecular weight excluding hydrogens is 655 g/mol. The third kappa shape index (κ3) is 5.44. The minimum atomic E-state index is -1.26. The first-order valence-corrected chi connectivity index (χ1v) is 16.6. The molecule has 1 aliphatic carbocycles. The Hall–Kier alpha value is -0.860. The van der Waals surface area contributed by atoms with Gasteiger partial charge in [0.25, 0.3) is 5.91 Å². The Morgan fingerprint density at radius 3 is 2.69 bits per heavy atom. The van der Waals surface area contributed by atoms with Crippen molar-refractivity contribution in [3.63, 3.8) is 0 Å². The molecule has 2 fully saturated rings. The maximum atomic E-state index is 14.9. The number of piperidine rings is 1. The van der Waals surface area contributed by atoms with E-state index >= 15 is 0 Å². The standard InChI is InChI=1S/C22H28FI2N5OS/c1-14-12-32-20(29-14)21(6-8-26-9-7-21)30-19(31)18-10-17(16(11-27-18)15-4-5-15)28-13-22(23,24-2)25-3/h10-12,15,26H,2-9,13H2,1H3,(H,27,28)(H,30,31). The number of alkyl halides is 3. The van der Waals surface area contributed by atoms with Crippen molar-refractivity contribution in [1.29, 1.82) is 0 Å². The quantitative estimate of drug-likeness (QED) is 0.267. The van der Waals surface area contributed by atoms with Crippen LogP contribution in [-0.2, 0) is 5.54 Å². The number of carbonyl (C=O) groups excluding carboxylic acids is 1. The summed E-state index contributed by atoms with van der Waals surface area (Å²) < 4.78 is 21.3. The molecule has 0 atom stereocenters. The van der Waals surface area contributed by atoms with Gasteiger partial charge in [0.15, 0.2) is 0 Å². The average Bonchev–Trinajstić information content (AvgIpc) is 3.57. The van der Waals surface area contributed by atoms with Crippen LogP contribution in [-0.4, -0.2) is 46.2 Å². The van der Waals surface area contributed by atoms with Crippen LogP contribution in [0.2, 0.25) is 0 Å². The minimum absolute atomic E-state index is 0.208. The summed E-state index contributed by atoms with van der Waals surface area (Å²) in [4.78, 5) is 22.5. The molecular formula is C22H28FI2N5OS. The van der Waals surface area contributed by atoms with Crippen LogP contribution in [0.5, 0.6) is 0 Å². The van der Waals surface area contributed by atoms with Gasteiger partial charge in [-0.3, -0.25) is 9.78 Å². The molecule has 3 N–H and O–H groups in total. The smallest absolute Gasteiger partial charge is 0.270 e. The molecule has 0 spiro atoms. The van der Waals surface area contributed by atoms with Crippen molar-refractivity contribution < 1.29 is 9.18 Å². The summed E-state index contributed by atoms with van der Waals surface area (Å²) in [5.74, 6) is 0.222. The van der Waals surface area contributed by atoms with E-state index in [-0.39, 0.29) is 12.5 Å². The number of hydrogen-bond donors (Lipinski definition) is 3. The maximum Gasteiger partial charge on any atom is 0.270 e. The first-order chi connectivity index (χ1) is 15.4. The number of hydrogen-bond acceptors (Lipinski definition) is 6. The van der Waals surface area contributed by atoms with Crippen molar-refractivity contribution in [2.24, 2.45) is 0 Å². The van der Waals surface area contributed by atoms with E-state index < -0.39 is 48.7 Å². The lowest BCUT2D eigenvalue weighted by Crippen LogP contribution is -2.52. The Morgan fingerprint density at radius 2 is 2.09 bits per heavy atom. The van der Waals surface area contributed by atoms with Gasteiger partial charge in [0.05, 0.1) is 12.1 Å². The highest BCUT2D eigenvalue weighted by molar-refractivity contribution is 14.3. The number of nitrogens with one attached hydrogen (secondary N) is 3. The summed E-state index contributed by atoms with van der Waals surface area (Å²) in [6, 6.07) is 1.79. The zero-order valence-corrected chi connectivity index (χ0v) is 23.1. The van der Waals surface area contributed by atoms with Gasteiger partial charge in [-0.15, -0.1) is 11.3 Å². The summed E-state index contributed by atoms with van der Waals surface area (Å²) in [5.41, 5.74) is 2.71. The fourth-order valence-electron chi connectivity index (χ4n) is 3.89. The topological polar surface area (TPSA) is 78.9 Å². The van der Waals surface area contributed by atoms with Gasteiger partial charge in [-0.1, -0.05) is 50.5 Å². The van der Waals surface area contributed by atoms with E-state index in [1.54, 1.807) is 23.6 Å². The molecule has 0 aromatic carbocycles. The second-order valence-electron chi connectivity index (χ2n) is 8.25. The molecule has 0 bridgehead atoms. The first-order valence-electron chi connectivity index (χ1n) is 10.6. The average molecular weight is 683 g/mol. The van der Waals surface area contributed by atoms with Gasteiger partial charge < -0.3 is 16.0 Å². The van der Waals surface area contributed by atoms with Crippen molar-refractivity contribution in [1.82, 2.24) is 20.6 Å². The van der Waals surface area contributed by atoms with E-state index in [2.05, 4.69) is 34.9 Å². The lowest BCUT2D eigenvalue weighted by molar-refractivity contribution is 0.0867. The van der Waals surface area contributed by atoms with Gasteiger partial charge in [0.2, 0.25) is 1.68 Å². The molecule has 2 aliphatic rings. The predicted molar refractivity (Wildman–Crippen MR) is 149 cm³/mol. The Kier molecular flexibility index (Phi) is 7.72. The van der Waals surface area contributed by atoms with Gasteiger partial charge in [0, 0.05) is 23.0 Å². The third-order valence-corrected chi connectivity index (χ3v) is 13.9. The summed E-state index contributed by atoms with van der Waals surface area (Å²) in [5, 5.41) is 12.9. The van der Waals surface area contributed by atoms with Crippen molar-refractivity contribution in [2.45, 2.75) is 45.7 Å². The van der Waals surface area contributed by atoms with Crippen LogP contribution in [0.25, 0.3) is 0 Å². The molecule has 32 heavy (non-hydrogen) atoms. The second kappa shape index (κ2) is 10.2. The van der Waals surface area contributed by atoms with E-state index in [0.717, 1.165) is 60.7 Å². The SMILES string of the molecule is C=IC(F)(CNc1cc(C(=O)NC2(c3nc(C)cs3)CCNCC2)ncc1C1CC1)I=C. The summed E-state index contributed by atoms with van der Waals surface area (Å²) in [6.45, 7) is 3.82. The summed E-state index contributed by atoms with van der Waals surface area (Å²) in [7, 11) is 0. The Balaban J connectivity index is 1.58. The zero-order valence-electron chi connectivity index (χ0n) is 18.0. The highest BCUT2D eigenvalue weighted by atomic mass is 127. The van der Waals surface area contributed by atoms with Gasteiger partial charge in [-0.25, -0.2) is 9.37 Å². The number of anilines is 1. The van der Waals surface area contributed by atoms with Crippen LogP contribution in [0.15, 0.2) is 17.6 Å². The number of nitrogens with zero attached hydrogens (tertiary/aromatic N) is 2. The van der Waals surface area contributed by atoms with E-state index in [9.17, 15) is 9.18 Å². The van der Waals surface area contributed by atoms with Crippen LogP contribution < -0.4 is 16.0 Å². The Morgan fingerprint density at radius 1 is 1.38 bits per heavy atom. The largest absolute Gasteiger partial charge is 0.380 e. The number of halogens is 3. The maximum absolute atomic E-state index is 14.9. The molecule has 2 aromatic heterocycles. The summed E-state index contributed by atoms with van der Waals surface area (Å²) >= 11 is -0.0368. The van der Waals surface area contributed by atoms with E-state index in [0.29, 0.717) is 11.6 Å². The van der Waals surface area contributed by atoms with Gasteiger partial charge >= 0.3 is 0 Å². The third-order valence-electron chi connectivity index (χ3n) is 5.89. The normalized spacial score (nSPS) is 18.3. The van der Waals surface area contributed by atoms with Gasteiger partial charge in [-0.05, 0) is 63.2 Å². The molecule has 3 heterocycles. The number of rotatable bonds is 9. The molecule has 1 amide bonds. The Bertz CT molecular complexity index is 1010. The minimum Gasteiger partial charge on any atom is -0.380 e. The number of aromatic nitrogens is 2. The van der Waals surface area contributed by atoms with Crippen LogP contribution in [0, 0.1) is 6.92 Å². The molecule has 10 heteroatoms. The fourth-order valence-corrected chi connectivity index (χ4v) is 7.39. The molecule has 1 saturated carbocycles. The molecule has 6 nitrogen and oxygen atoms in total. The van der Waals surface area contributed by atoms with Crippen LogP contribution in [0.4, 0.5) is 10.1 Å². The predicted octanol–water partition coefficient (Wildman–Crippen LogP) is 4.57. The zero-order chi connectivity index (χ0) is 22.8. The van der Waals surface area contributed by atoms with Crippen molar-refractivity contribution >= 4 is 73.4 Å². The van der Waals surface area contributed by atoms with Gasteiger partial charge in [0.1, 0.15) is 10.7 Å². The van der Waals surface area contributed by atoms with Crippen LogP contribution in [0.3, 0.4) is 0 Å². The molecule has 1 saturated heterocycles. The second-order valence-corrected chi connectivity index (χ2v) is 16.1. The molecule has 174 valence electrons. The number of pyridine rings is 1. The van der Waals surface area contributed by atoms with Crippen LogP contribution in [0.1, 0.15) is 58.4 Å². The van der Waals surface area contributed by atoms with Gasteiger partial charge in [-0.2, -0.15) is 0 Å². The van der Waals surface area contributed by atoms with Crippen molar-refractivity contribution in [3.8, 4) is 0 Å². The number of thiazole rings is 1. The number of carbonyl (C=O) groups is 1. The molecule has 4 rings (SSSR count). The molecule has 1 aliphatic heterocycles. The van der Waals surface area contributed by atoms with E-state index in [1.165, 1.54) is 0 Å². The highest BCUT2D eigenvalue weighted by Gasteiger charge is 2.39. The lowest BCUT2D eigenvalue weighted by atomic mass is 9.88. The summed E-state index contributed by atoms with van der Waals surface area (Å²) in [6.07, 6.45) is 5.55. The lowest BCUT2D eigenvalue weighted by Gasteiger charge is -2.36. The molecule has 0 radical (unpaired) electrons. The van der Waals surface area contributed by atoms with Crippen molar-refractivity contribution in [2.75, 3.05) is 25.0 Å². The monoisotopic (exact) mass is 683 g/mol. The van der Waals surface area contributed by atoms with E-state index in [1.807, 2.05) is 12.3 Å². The molecule has 0 unspecified atom stereocenters. The van der Waals surface area contributed by atoms with Crippen LogP contribution >= 0.6 is 52.8 Å². The number of aryl methyl sites for hydroxylation is 1. The van der Waals surface area contributed by atoms with Crippen molar-refractivity contribution in [3.05, 3.63) is 39.6 Å². The highest BCUT2D eigenvalue weighted by Crippen LogP contribution is 2.44. The Labute approximate surface area is 212 Å². The number of amides is 1. The fraction of sp³-hybridized carbons (Fsp3) is 0.500. The molecule has 2 aromatic rings. The first kappa shape index (κ1) is 24.3. The van der Waals surface area contributed by atoms with E-state index in [4.69, 9.17) is 0 Å².